The van der Waals surface area contributed by atoms with E-state index in [2.05, 4.69) is 60.3 Å². The lowest BCUT2D eigenvalue weighted by atomic mass is 9.71. The second kappa shape index (κ2) is 4.60. The fraction of sp³-hybridized carbons (Fsp3) is 0.667. The molecule has 1 aliphatic heterocycles. The molecule has 1 saturated heterocycles. The van der Waals surface area contributed by atoms with Crippen LogP contribution in [0.1, 0.15) is 55.4 Å². The van der Waals surface area contributed by atoms with Crippen LogP contribution in [0.15, 0.2) is 18.2 Å². The monoisotopic (exact) mass is 308 g/mol. The van der Waals surface area contributed by atoms with Gasteiger partial charge < -0.3 is 15.4 Å². The van der Waals surface area contributed by atoms with Crippen LogP contribution in [-0.4, -0.2) is 22.3 Å². The van der Waals surface area contributed by atoms with Crippen molar-refractivity contribution in [1.29, 1.82) is 0 Å². The predicted molar refractivity (Wildman–Crippen MR) is 90.7 cm³/mol. The molecule has 0 spiro atoms. The van der Waals surface area contributed by atoms with Crippen LogP contribution in [0.25, 0.3) is 0 Å². The van der Waals surface area contributed by atoms with Crippen molar-refractivity contribution in [2.45, 2.75) is 77.7 Å². The van der Waals surface area contributed by atoms with E-state index in [0.29, 0.717) is 11.4 Å². The molecule has 1 heterocycles. The van der Waals surface area contributed by atoms with Gasteiger partial charge in [0.05, 0.1) is 28.0 Å². The van der Waals surface area contributed by atoms with Crippen molar-refractivity contribution >= 4 is 11.4 Å². The third-order valence-corrected chi connectivity index (χ3v) is 5.79. The van der Waals surface area contributed by atoms with Crippen molar-refractivity contribution in [1.82, 2.24) is 0 Å². The first-order valence-corrected chi connectivity index (χ1v) is 7.79. The first-order chi connectivity index (χ1) is 9.74. The van der Waals surface area contributed by atoms with Crippen molar-refractivity contribution < 1.29 is 9.13 Å². The molecule has 3 nitrogen and oxygen atoms in total. The van der Waals surface area contributed by atoms with Gasteiger partial charge in [-0.3, -0.25) is 0 Å². The zero-order valence-corrected chi connectivity index (χ0v) is 15.0. The van der Waals surface area contributed by atoms with E-state index in [1.165, 1.54) is 6.07 Å². The third-order valence-electron chi connectivity index (χ3n) is 5.79. The van der Waals surface area contributed by atoms with E-state index in [1.807, 2.05) is 0 Å². The molecule has 0 amide bonds. The molecule has 0 radical (unpaired) electrons. The number of anilines is 2. The van der Waals surface area contributed by atoms with Crippen LogP contribution in [-0.2, 0) is 4.74 Å². The van der Waals surface area contributed by atoms with Crippen LogP contribution in [0.4, 0.5) is 15.8 Å². The fourth-order valence-electron chi connectivity index (χ4n) is 3.43. The van der Waals surface area contributed by atoms with Crippen LogP contribution in [0.3, 0.4) is 0 Å². The van der Waals surface area contributed by atoms with Crippen LogP contribution in [0.5, 0.6) is 0 Å². The van der Waals surface area contributed by atoms with E-state index >= 15 is 0 Å². The van der Waals surface area contributed by atoms with Crippen LogP contribution in [0.2, 0.25) is 0 Å². The summed E-state index contributed by atoms with van der Waals surface area (Å²) in [6, 6.07) is 4.91. The second-order valence-corrected chi connectivity index (χ2v) is 8.29. The maximum Gasteiger partial charge on any atom is 0.148 e. The molecule has 1 fully saturated rings. The summed E-state index contributed by atoms with van der Waals surface area (Å²) >= 11 is 0. The number of ether oxygens (including phenoxy) is 1. The molecule has 22 heavy (non-hydrogen) atoms. The summed E-state index contributed by atoms with van der Waals surface area (Å²) in [7, 11) is 0. The Kier molecular flexibility index (Phi) is 3.57. The molecule has 4 heteroatoms. The van der Waals surface area contributed by atoms with Crippen molar-refractivity contribution in [3.8, 4) is 0 Å². The summed E-state index contributed by atoms with van der Waals surface area (Å²) in [5.74, 6) is -0.297. The number of hydrogen-bond donors (Lipinski definition) is 1. The maximum absolute atomic E-state index is 14.7. The number of nitrogens with zero attached hydrogens (tertiary/aromatic N) is 1. The van der Waals surface area contributed by atoms with Gasteiger partial charge in [0.2, 0.25) is 0 Å². The zero-order valence-electron chi connectivity index (χ0n) is 15.0. The van der Waals surface area contributed by atoms with Gasteiger partial charge in [-0.05, 0) is 73.6 Å². The summed E-state index contributed by atoms with van der Waals surface area (Å²) in [5.41, 5.74) is 5.02. The van der Waals surface area contributed by atoms with Gasteiger partial charge in [-0.2, -0.15) is 0 Å². The standard InChI is InChI=1S/C18H29FN2O/c1-15(2)17(5,6)22-18(7,8)16(3,4)21(15)14-10-9-12(20)11-13(14)19/h9-11H,20H2,1-8H3. The summed E-state index contributed by atoms with van der Waals surface area (Å²) in [5, 5.41) is 0. The minimum absolute atomic E-state index is 0.297. The normalized spacial score (nSPS) is 25.0. The van der Waals surface area contributed by atoms with Crippen molar-refractivity contribution in [3.63, 3.8) is 0 Å². The first kappa shape index (κ1) is 17.1. The highest BCUT2D eigenvalue weighted by Crippen LogP contribution is 2.51. The van der Waals surface area contributed by atoms with Gasteiger partial charge in [0.25, 0.3) is 0 Å². The van der Waals surface area contributed by atoms with Crippen LogP contribution < -0.4 is 10.6 Å². The molecular formula is C18H29FN2O. The molecule has 0 aromatic heterocycles. The highest BCUT2D eigenvalue weighted by atomic mass is 19.1. The highest BCUT2D eigenvalue weighted by Gasteiger charge is 2.60. The lowest BCUT2D eigenvalue weighted by Gasteiger charge is -2.67. The van der Waals surface area contributed by atoms with Gasteiger partial charge in [-0.1, -0.05) is 0 Å². The smallest absolute Gasteiger partial charge is 0.148 e. The molecule has 0 atom stereocenters. The molecule has 1 aliphatic rings. The summed E-state index contributed by atoms with van der Waals surface area (Å²) < 4.78 is 21.1. The molecule has 1 aromatic carbocycles. The van der Waals surface area contributed by atoms with E-state index < -0.39 is 22.3 Å². The quantitative estimate of drug-likeness (QED) is 0.783. The third kappa shape index (κ3) is 2.19. The molecule has 2 rings (SSSR count). The Labute approximate surface area is 133 Å². The van der Waals surface area contributed by atoms with E-state index in [0.717, 1.165) is 0 Å². The highest BCUT2D eigenvalue weighted by molar-refractivity contribution is 5.59. The minimum Gasteiger partial charge on any atom is -0.399 e. The zero-order chi connectivity index (χ0) is 17.1. The molecule has 0 unspecified atom stereocenters. The summed E-state index contributed by atoms with van der Waals surface area (Å²) in [4.78, 5) is 2.15. The summed E-state index contributed by atoms with van der Waals surface area (Å²) in [6.07, 6.45) is 0. The SMILES string of the molecule is CC1(C)OC(C)(C)C(C)(C)N(c2ccc(N)cc2F)C1(C)C. The van der Waals surface area contributed by atoms with Crippen LogP contribution in [0, 0.1) is 5.82 Å². The molecule has 1 aromatic rings. The molecule has 0 aliphatic carbocycles. The number of nitrogen functional groups attached to an aromatic ring is 1. The van der Waals surface area contributed by atoms with Gasteiger partial charge >= 0.3 is 0 Å². The van der Waals surface area contributed by atoms with E-state index in [9.17, 15) is 4.39 Å². The van der Waals surface area contributed by atoms with Crippen molar-refractivity contribution in [3.05, 3.63) is 24.0 Å². The van der Waals surface area contributed by atoms with Gasteiger partial charge in [0, 0.05) is 5.69 Å². The Morgan fingerprint density at radius 1 is 0.909 bits per heavy atom. The molecule has 0 saturated carbocycles. The number of hydrogen-bond acceptors (Lipinski definition) is 3. The lowest BCUT2D eigenvalue weighted by molar-refractivity contribution is -0.214. The Morgan fingerprint density at radius 2 is 1.36 bits per heavy atom. The van der Waals surface area contributed by atoms with E-state index in [1.54, 1.807) is 12.1 Å². The number of benzene rings is 1. The molecule has 0 bridgehead atoms. The van der Waals surface area contributed by atoms with Gasteiger partial charge in [0.1, 0.15) is 5.82 Å². The fourth-order valence-corrected chi connectivity index (χ4v) is 3.43. The Hall–Kier alpha value is -1.29. The Balaban J connectivity index is 2.72. The van der Waals surface area contributed by atoms with Crippen molar-refractivity contribution in [2.75, 3.05) is 10.6 Å². The second-order valence-electron chi connectivity index (χ2n) is 8.29. The van der Waals surface area contributed by atoms with Gasteiger partial charge in [0.15, 0.2) is 0 Å². The van der Waals surface area contributed by atoms with Crippen LogP contribution >= 0.6 is 0 Å². The van der Waals surface area contributed by atoms with Gasteiger partial charge in [-0.25, -0.2) is 4.39 Å². The first-order valence-electron chi connectivity index (χ1n) is 7.79. The molecule has 124 valence electrons. The largest absolute Gasteiger partial charge is 0.399 e. The average molecular weight is 308 g/mol. The average Bonchev–Trinajstić information content (AvgIpc) is 2.28. The van der Waals surface area contributed by atoms with E-state index in [4.69, 9.17) is 10.5 Å². The molecular weight excluding hydrogens is 279 g/mol. The molecule has 2 N–H and O–H groups in total. The lowest BCUT2D eigenvalue weighted by Crippen LogP contribution is -2.78. The Morgan fingerprint density at radius 3 is 1.77 bits per heavy atom. The van der Waals surface area contributed by atoms with Gasteiger partial charge in [-0.15, -0.1) is 0 Å². The summed E-state index contributed by atoms with van der Waals surface area (Å²) in [6.45, 7) is 16.6. The Bertz CT molecular complexity index is 565. The number of halogens is 1. The predicted octanol–water partition coefficient (Wildman–Crippen LogP) is 4.36. The minimum atomic E-state index is -0.445. The number of rotatable bonds is 1. The van der Waals surface area contributed by atoms with E-state index in [-0.39, 0.29) is 5.82 Å². The number of nitrogens with two attached hydrogens (primary N) is 1. The topological polar surface area (TPSA) is 38.5 Å². The maximum atomic E-state index is 14.7. The number of morpholine rings is 1. The van der Waals surface area contributed by atoms with Crippen molar-refractivity contribution in [2.24, 2.45) is 0 Å².